The van der Waals surface area contributed by atoms with Crippen LogP contribution in [0, 0.1) is 12.8 Å². The predicted molar refractivity (Wildman–Crippen MR) is 110 cm³/mol. The normalized spacial score (nSPS) is 17.5. The number of carbonyl (C=O) groups is 1. The Bertz CT molecular complexity index is 1080. The van der Waals surface area contributed by atoms with Gasteiger partial charge in [0.1, 0.15) is 22.2 Å². The molecule has 0 saturated heterocycles. The van der Waals surface area contributed by atoms with Crippen LogP contribution in [0.25, 0.3) is 10.2 Å². The van der Waals surface area contributed by atoms with Crippen molar-refractivity contribution in [1.29, 1.82) is 0 Å². The molecule has 7 heteroatoms. The SMILES string of the molecule is Cc1ccc(C(C)NC(=O)CCc2nc3sc4c(c3c(=O)[nH]2)CCC(C)C4)o1. The highest BCUT2D eigenvalue weighted by molar-refractivity contribution is 7.18. The summed E-state index contributed by atoms with van der Waals surface area (Å²) in [4.78, 5) is 34.5. The standard InChI is InChI=1S/C21H25N3O3S/c1-11-4-6-14-16(10-11)28-21-19(14)20(26)23-17(24-21)8-9-18(25)22-13(3)15-7-5-12(2)27-15/h5,7,11,13H,4,6,8-10H2,1-3H3,(H,22,25)(H,23,24,26). The second-order valence-corrected chi connectivity index (χ2v) is 8.87. The number of thiophene rings is 1. The molecule has 0 spiro atoms. The largest absolute Gasteiger partial charge is 0.464 e. The smallest absolute Gasteiger partial charge is 0.259 e. The highest BCUT2D eigenvalue weighted by Gasteiger charge is 2.23. The number of hydrogen-bond donors (Lipinski definition) is 2. The van der Waals surface area contributed by atoms with Gasteiger partial charge in [-0.25, -0.2) is 4.98 Å². The van der Waals surface area contributed by atoms with Crippen LogP contribution in [0.3, 0.4) is 0 Å². The van der Waals surface area contributed by atoms with Gasteiger partial charge in [0, 0.05) is 17.7 Å². The van der Waals surface area contributed by atoms with Gasteiger partial charge in [0.05, 0.1) is 11.4 Å². The monoisotopic (exact) mass is 399 g/mol. The van der Waals surface area contributed by atoms with E-state index in [0.717, 1.165) is 41.0 Å². The average molecular weight is 400 g/mol. The van der Waals surface area contributed by atoms with Crippen molar-refractivity contribution in [3.8, 4) is 0 Å². The van der Waals surface area contributed by atoms with E-state index in [1.165, 1.54) is 10.4 Å². The maximum atomic E-state index is 12.6. The maximum absolute atomic E-state index is 12.6. The fourth-order valence-corrected chi connectivity index (χ4v) is 5.22. The lowest BCUT2D eigenvalue weighted by Crippen LogP contribution is -2.27. The molecule has 3 aromatic heterocycles. The summed E-state index contributed by atoms with van der Waals surface area (Å²) in [7, 11) is 0. The zero-order chi connectivity index (χ0) is 19.8. The van der Waals surface area contributed by atoms with E-state index in [2.05, 4.69) is 22.2 Å². The van der Waals surface area contributed by atoms with E-state index in [1.54, 1.807) is 11.3 Å². The van der Waals surface area contributed by atoms with Gasteiger partial charge in [-0.2, -0.15) is 0 Å². The van der Waals surface area contributed by atoms with Gasteiger partial charge in [-0.15, -0.1) is 11.3 Å². The van der Waals surface area contributed by atoms with Crippen LogP contribution < -0.4 is 10.9 Å². The van der Waals surface area contributed by atoms with Crippen molar-refractivity contribution < 1.29 is 9.21 Å². The first-order valence-electron chi connectivity index (χ1n) is 9.80. The summed E-state index contributed by atoms with van der Waals surface area (Å²) < 4.78 is 5.55. The van der Waals surface area contributed by atoms with Crippen molar-refractivity contribution in [3.05, 3.63) is 50.3 Å². The summed E-state index contributed by atoms with van der Waals surface area (Å²) >= 11 is 1.63. The third-order valence-electron chi connectivity index (χ3n) is 5.37. The molecule has 0 saturated carbocycles. The van der Waals surface area contributed by atoms with Gasteiger partial charge in [-0.3, -0.25) is 9.59 Å². The minimum atomic E-state index is -0.193. The van der Waals surface area contributed by atoms with Crippen LogP contribution in [0.2, 0.25) is 0 Å². The van der Waals surface area contributed by atoms with Crippen LogP contribution in [-0.2, 0) is 24.1 Å². The first-order chi connectivity index (χ1) is 13.4. The number of fused-ring (bicyclic) bond motifs is 3. The number of H-pyrrole nitrogens is 1. The van der Waals surface area contributed by atoms with Crippen LogP contribution in [0.5, 0.6) is 0 Å². The minimum absolute atomic E-state index is 0.0770. The summed E-state index contributed by atoms with van der Waals surface area (Å²) in [5, 5.41) is 3.68. The third kappa shape index (κ3) is 3.76. The molecule has 0 fully saturated rings. The van der Waals surface area contributed by atoms with Crippen LogP contribution >= 0.6 is 11.3 Å². The fourth-order valence-electron chi connectivity index (χ4n) is 3.81. The number of hydrogen-bond acceptors (Lipinski definition) is 5. The minimum Gasteiger partial charge on any atom is -0.464 e. The number of nitrogens with zero attached hydrogens (tertiary/aromatic N) is 1. The van der Waals surface area contributed by atoms with Gasteiger partial charge >= 0.3 is 0 Å². The van der Waals surface area contributed by atoms with E-state index < -0.39 is 0 Å². The van der Waals surface area contributed by atoms with Gasteiger partial charge in [0.15, 0.2) is 0 Å². The van der Waals surface area contributed by atoms with Crippen LogP contribution in [-0.4, -0.2) is 15.9 Å². The lowest BCUT2D eigenvalue weighted by atomic mass is 9.89. The third-order valence-corrected chi connectivity index (χ3v) is 6.52. The van der Waals surface area contributed by atoms with Gasteiger partial charge in [0.2, 0.25) is 5.91 Å². The van der Waals surface area contributed by atoms with Crippen molar-refractivity contribution in [2.24, 2.45) is 5.92 Å². The molecule has 4 rings (SSSR count). The Morgan fingerprint density at radius 3 is 3.04 bits per heavy atom. The molecule has 3 heterocycles. The molecule has 1 amide bonds. The van der Waals surface area contributed by atoms with Crippen molar-refractivity contribution in [2.45, 2.75) is 58.9 Å². The second-order valence-electron chi connectivity index (χ2n) is 7.78. The molecule has 3 aromatic rings. The molecule has 28 heavy (non-hydrogen) atoms. The molecule has 0 aromatic carbocycles. The van der Waals surface area contributed by atoms with Gasteiger partial charge in [-0.1, -0.05) is 6.92 Å². The molecular weight excluding hydrogens is 374 g/mol. The van der Waals surface area contributed by atoms with Gasteiger partial charge < -0.3 is 14.7 Å². The lowest BCUT2D eigenvalue weighted by molar-refractivity contribution is -0.121. The lowest BCUT2D eigenvalue weighted by Gasteiger charge is -2.17. The maximum Gasteiger partial charge on any atom is 0.259 e. The predicted octanol–water partition coefficient (Wildman–Crippen LogP) is 3.82. The van der Waals surface area contributed by atoms with Crippen LogP contribution in [0.4, 0.5) is 0 Å². The van der Waals surface area contributed by atoms with Crippen LogP contribution in [0.1, 0.15) is 60.5 Å². The van der Waals surface area contributed by atoms with E-state index in [4.69, 9.17) is 4.42 Å². The van der Waals surface area contributed by atoms with Crippen LogP contribution in [0.15, 0.2) is 21.3 Å². The van der Waals surface area contributed by atoms with E-state index in [0.29, 0.717) is 18.2 Å². The summed E-state index contributed by atoms with van der Waals surface area (Å²) in [6.45, 7) is 6.01. The molecule has 0 radical (unpaired) electrons. The fraction of sp³-hybridized carbons (Fsp3) is 0.476. The Morgan fingerprint density at radius 2 is 2.29 bits per heavy atom. The number of rotatable bonds is 5. The first-order valence-corrected chi connectivity index (χ1v) is 10.6. The Kier molecular flexibility index (Phi) is 5.10. The van der Waals surface area contributed by atoms with Crippen molar-refractivity contribution >= 4 is 27.5 Å². The number of carbonyl (C=O) groups excluding carboxylic acids is 1. The highest BCUT2D eigenvalue weighted by atomic mass is 32.1. The first kappa shape index (κ1) is 18.9. The molecule has 1 aliphatic carbocycles. The summed E-state index contributed by atoms with van der Waals surface area (Å²) in [5.41, 5.74) is 1.10. The molecule has 148 valence electrons. The molecule has 2 unspecified atom stereocenters. The van der Waals surface area contributed by atoms with E-state index in [-0.39, 0.29) is 23.9 Å². The number of furan rings is 1. The number of nitrogens with one attached hydrogen (secondary N) is 2. The Morgan fingerprint density at radius 1 is 1.46 bits per heavy atom. The second kappa shape index (κ2) is 7.54. The van der Waals surface area contributed by atoms with E-state index >= 15 is 0 Å². The number of aromatic amines is 1. The molecule has 6 nitrogen and oxygen atoms in total. The molecule has 2 N–H and O–H groups in total. The Balaban J connectivity index is 1.45. The van der Waals surface area contributed by atoms with E-state index in [9.17, 15) is 9.59 Å². The van der Waals surface area contributed by atoms with Crippen molar-refractivity contribution in [1.82, 2.24) is 15.3 Å². The molecule has 2 atom stereocenters. The summed E-state index contributed by atoms with van der Waals surface area (Å²) in [6.07, 6.45) is 3.76. The van der Waals surface area contributed by atoms with Crippen molar-refractivity contribution in [2.75, 3.05) is 0 Å². The summed E-state index contributed by atoms with van der Waals surface area (Å²) in [5.74, 6) is 2.68. The zero-order valence-electron chi connectivity index (χ0n) is 16.4. The summed E-state index contributed by atoms with van der Waals surface area (Å²) in [6, 6.07) is 3.55. The quantitative estimate of drug-likeness (QED) is 0.683. The van der Waals surface area contributed by atoms with Gasteiger partial charge in [-0.05, 0) is 56.7 Å². The topological polar surface area (TPSA) is 88.0 Å². The van der Waals surface area contributed by atoms with Crippen molar-refractivity contribution in [3.63, 3.8) is 0 Å². The van der Waals surface area contributed by atoms with E-state index in [1.807, 2.05) is 26.0 Å². The molecule has 0 bridgehead atoms. The zero-order valence-corrected chi connectivity index (χ0v) is 17.2. The van der Waals surface area contributed by atoms with Gasteiger partial charge in [0.25, 0.3) is 5.56 Å². The number of aryl methyl sites for hydroxylation is 3. The Labute approximate surface area is 167 Å². The molecule has 0 aliphatic heterocycles. The average Bonchev–Trinajstić information content (AvgIpc) is 3.23. The highest BCUT2D eigenvalue weighted by Crippen LogP contribution is 2.35. The Hall–Kier alpha value is -2.41. The number of amides is 1. The number of aromatic nitrogens is 2. The molecular formula is C21H25N3O3S. The molecule has 1 aliphatic rings.